The molecule has 8 heteroatoms. The Morgan fingerprint density at radius 3 is 2.76 bits per heavy atom. The van der Waals surface area contributed by atoms with Crippen LogP contribution in [-0.4, -0.2) is 65.1 Å². The number of thioether (sulfide) groups is 1. The van der Waals surface area contributed by atoms with Crippen molar-refractivity contribution in [3.63, 3.8) is 0 Å². The molecular formula is C21H39N5O2S. The molecule has 29 heavy (non-hydrogen) atoms. The summed E-state index contributed by atoms with van der Waals surface area (Å²) in [6, 6.07) is 0.538. The van der Waals surface area contributed by atoms with Crippen molar-refractivity contribution in [2.24, 2.45) is 17.8 Å². The molecule has 2 aliphatic carbocycles. The Labute approximate surface area is 179 Å². The summed E-state index contributed by atoms with van der Waals surface area (Å²) in [6.45, 7) is 3.45. The van der Waals surface area contributed by atoms with Crippen molar-refractivity contribution in [1.29, 1.82) is 0 Å². The van der Waals surface area contributed by atoms with Crippen LogP contribution in [0.5, 0.6) is 0 Å². The van der Waals surface area contributed by atoms with E-state index in [-0.39, 0.29) is 18.6 Å². The molecule has 0 aromatic rings. The zero-order chi connectivity index (χ0) is 20.4. The normalized spacial score (nSPS) is 40.0. The maximum Gasteiger partial charge on any atom is 0.237 e. The van der Waals surface area contributed by atoms with Crippen LogP contribution in [0.1, 0.15) is 58.3 Å². The van der Waals surface area contributed by atoms with Crippen LogP contribution >= 0.6 is 11.8 Å². The van der Waals surface area contributed by atoms with Gasteiger partial charge in [0.2, 0.25) is 5.91 Å². The molecule has 4 rings (SSSR count). The van der Waals surface area contributed by atoms with Gasteiger partial charge in [-0.2, -0.15) is 0 Å². The molecule has 7 atom stereocenters. The Hall–Kier alpha value is -0.380. The van der Waals surface area contributed by atoms with Gasteiger partial charge in [0.15, 0.2) is 0 Å². The molecular weight excluding hydrogens is 386 g/mol. The standard InChI is InChI=1S/C21H39N5O2S/c1-13(29-21-25-22-12-26(21)2)15-4-3-5-17(10-15)23-20(28)18-9-8-16(11-27)19(24-18)14-6-7-14/h13-19,21-22,24-25,27H,3-12H2,1-2H3,(H,23,28)/t13-,15?,16?,17?,18?,19?,21?/m0/s1. The van der Waals surface area contributed by atoms with Crippen molar-refractivity contribution in [3.05, 3.63) is 0 Å². The highest BCUT2D eigenvalue weighted by Gasteiger charge is 2.42. The van der Waals surface area contributed by atoms with Crippen LogP contribution < -0.4 is 21.5 Å². The van der Waals surface area contributed by atoms with E-state index in [1.165, 1.54) is 25.7 Å². The van der Waals surface area contributed by atoms with E-state index in [0.29, 0.717) is 40.6 Å². The summed E-state index contributed by atoms with van der Waals surface area (Å²) in [7, 11) is 2.13. The van der Waals surface area contributed by atoms with Gasteiger partial charge >= 0.3 is 0 Å². The molecule has 0 bridgehead atoms. The number of carbonyl (C=O) groups excluding carboxylic acids is 1. The highest BCUT2D eigenvalue weighted by atomic mass is 32.2. The largest absolute Gasteiger partial charge is 0.396 e. The van der Waals surface area contributed by atoms with Crippen molar-refractivity contribution in [2.45, 2.75) is 87.2 Å². The van der Waals surface area contributed by atoms with Crippen molar-refractivity contribution < 1.29 is 9.90 Å². The highest BCUT2D eigenvalue weighted by molar-refractivity contribution is 8.00. The molecule has 4 fully saturated rings. The van der Waals surface area contributed by atoms with E-state index in [0.717, 1.165) is 32.4 Å². The molecule has 2 saturated carbocycles. The van der Waals surface area contributed by atoms with E-state index in [4.69, 9.17) is 0 Å². The first-order valence-electron chi connectivity index (χ1n) is 11.6. The number of nitrogens with zero attached hydrogens (tertiary/aromatic N) is 1. The van der Waals surface area contributed by atoms with Crippen LogP contribution in [0.3, 0.4) is 0 Å². The van der Waals surface area contributed by atoms with Crippen LogP contribution in [0.4, 0.5) is 0 Å². The second-order valence-electron chi connectivity index (χ2n) is 9.66. The van der Waals surface area contributed by atoms with Crippen molar-refractivity contribution in [1.82, 2.24) is 26.4 Å². The van der Waals surface area contributed by atoms with Gasteiger partial charge in [0.05, 0.1) is 12.7 Å². The fourth-order valence-electron chi connectivity index (χ4n) is 5.39. The van der Waals surface area contributed by atoms with Gasteiger partial charge < -0.3 is 15.7 Å². The molecule has 2 saturated heterocycles. The first-order valence-corrected chi connectivity index (χ1v) is 12.5. The van der Waals surface area contributed by atoms with E-state index in [1.54, 1.807) is 0 Å². The first-order chi connectivity index (χ1) is 14.0. The lowest BCUT2D eigenvalue weighted by Gasteiger charge is -2.38. The summed E-state index contributed by atoms with van der Waals surface area (Å²) in [5, 5.41) is 17.2. The topological polar surface area (TPSA) is 88.7 Å². The molecule has 0 spiro atoms. The average molecular weight is 426 g/mol. The number of nitrogens with one attached hydrogen (secondary N) is 4. The minimum absolute atomic E-state index is 0.0852. The highest BCUT2D eigenvalue weighted by Crippen LogP contribution is 2.39. The predicted octanol–water partition coefficient (Wildman–Crippen LogP) is 1.20. The van der Waals surface area contributed by atoms with E-state index < -0.39 is 0 Å². The molecule has 0 aromatic heterocycles. The molecule has 1 amide bonds. The Balaban J connectivity index is 1.26. The lowest BCUT2D eigenvalue weighted by Crippen LogP contribution is -2.57. The molecule has 2 aliphatic heterocycles. The molecule has 7 nitrogen and oxygen atoms in total. The van der Waals surface area contributed by atoms with Crippen molar-refractivity contribution in [3.8, 4) is 0 Å². The number of rotatable bonds is 7. The quantitative estimate of drug-likeness (QED) is 0.419. The number of piperidine rings is 1. The third-order valence-corrected chi connectivity index (χ3v) is 8.98. The van der Waals surface area contributed by atoms with Crippen molar-refractivity contribution in [2.75, 3.05) is 20.3 Å². The molecule has 0 aromatic carbocycles. The van der Waals surface area contributed by atoms with Crippen LogP contribution in [0.2, 0.25) is 0 Å². The summed E-state index contributed by atoms with van der Waals surface area (Å²) in [5.41, 5.74) is 6.86. The lowest BCUT2D eigenvalue weighted by molar-refractivity contribution is -0.125. The van der Waals surface area contributed by atoms with Gasteiger partial charge in [0.1, 0.15) is 5.50 Å². The molecule has 2 heterocycles. The van der Waals surface area contributed by atoms with Crippen LogP contribution in [-0.2, 0) is 4.79 Å². The SMILES string of the molecule is C[C@H](SC1NNCN1C)C1CCCC(NC(=O)C2CCC(CO)C(C3CC3)N2)C1. The zero-order valence-corrected chi connectivity index (χ0v) is 18.7. The number of aliphatic hydroxyl groups is 1. The monoisotopic (exact) mass is 425 g/mol. The molecule has 5 N–H and O–H groups in total. The third kappa shape index (κ3) is 5.46. The molecule has 6 unspecified atom stereocenters. The Kier molecular flexibility index (Phi) is 7.40. The summed E-state index contributed by atoms with van der Waals surface area (Å²) in [5.74, 6) is 1.81. The minimum Gasteiger partial charge on any atom is -0.396 e. The Bertz CT molecular complexity index is 563. The molecule has 0 radical (unpaired) electrons. The predicted molar refractivity (Wildman–Crippen MR) is 117 cm³/mol. The van der Waals surface area contributed by atoms with E-state index in [1.807, 2.05) is 11.8 Å². The first kappa shape index (κ1) is 21.8. The fourth-order valence-corrected chi connectivity index (χ4v) is 6.70. The molecule has 166 valence electrons. The van der Waals surface area contributed by atoms with Crippen molar-refractivity contribution >= 4 is 17.7 Å². The van der Waals surface area contributed by atoms with E-state index in [2.05, 4.69) is 40.4 Å². The number of hydrogen-bond acceptors (Lipinski definition) is 7. The fraction of sp³-hybridized carbons (Fsp3) is 0.952. The van der Waals surface area contributed by atoms with Crippen LogP contribution in [0.25, 0.3) is 0 Å². The van der Waals surface area contributed by atoms with Gasteiger partial charge in [-0.25, -0.2) is 10.9 Å². The Morgan fingerprint density at radius 1 is 1.24 bits per heavy atom. The number of hydrogen-bond donors (Lipinski definition) is 5. The summed E-state index contributed by atoms with van der Waals surface area (Å²) < 4.78 is 0. The minimum atomic E-state index is -0.0852. The second-order valence-corrected chi connectivity index (χ2v) is 11.1. The number of hydrazine groups is 1. The summed E-state index contributed by atoms with van der Waals surface area (Å²) in [6.07, 6.45) is 8.92. The van der Waals surface area contributed by atoms with Gasteiger partial charge in [0, 0.05) is 23.9 Å². The number of aliphatic hydroxyl groups excluding tert-OH is 1. The van der Waals surface area contributed by atoms with Crippen LogP contribution in [0, 0.1) is 17.8 Å². The second kappa shape index (κ2) is 9.83. The lowest BCUT2D eigenvalue weighted by atomic mass is 9.83. The van der Waals surface area contributed by atoms with Gasteiger partial charge in [-0.15, -0.1) is 11.8 Å². The van der Waals surface area contributed by atoms with Gasteiger partial charge in [-0.1, -0.05) is 13.3 Å². The maximum atomic E-state index is 13.0. The third-order valence-electron chi connectivity index (χ3n) is 7.43. The average Bonchev–Trinajstić information content (AvgIpc) is 3.51. The summed E-state index contributed by atoms with van der Waals surface area (Å²) >= 11 is 1.99. The van der Waals surface area contributed by atoms with E-state index >= 15 is 0 Å². The van der Waals surface area contributed by atoms with Crippen LogP contribution in [0.15, 0.2) is 0 Å². The summed E-state index contributed by atoms with van der Waals surface area (Å²) in [4.78, 5) is 15.3. The number of amides is 1. The smallest absolute Gasteiger partial charge is 0.237 e. The van der Waals surface area contributed by atoms with E-state index in [9.17, 15) is 9.90 Å². The van der Waals surface area contributed by atoms with Gasteiger partial charge in [-0.05, 0) is 69.7 Å². The zero-order valence-electron chi connectivity index (χ0n) is 17.9. The number of carbonyl (C=O) groups is 1. The molecule has 4 aliphatic rings. The Morgan fingerprint density at radius 2 is 2.07 bits per heavy atom. The van der Waals surface area contributed by atoms with Gasteiger partial charge in [-0.3, -0.25) is 9.69 Å². The maximum absolute atomic E-state index is 13.0. The van der Waals surface area contributed by atoms with Gasteiger partial charge in [0.25, 0.3) is 0 Å².